The Morgan fingerprint density at radius 1 is 1.40 bits per heavy atom. The molecule has 1 atom stereocenters. The molecule has 4 nitrogen and oxygen atoms in total. The molecule has 2 rings (SSSR count). The number of hydrogen-bond donors (Lipinski definition) is 2. The number of halogens is 2. The van der Waals surface area contributed by atoms with E-state index in [0.717, 1.165) is 11.8 Å². The van der Waals surface area contributed by atoms with Crippen molar-refractivity contribution >= 4 is 27.3 Å². The molecule has 0 aromatic heterocycles. The molecular formula is C12H15F2NO3S2. The van der Waals surface area contributed by atoms with Gasteiger partial charge in [-0.25, -0.2) is 8.42 Å². The maximum Gasteiger partial charge on any atom is 0.341 e. The van der Waals surface area contributed by atoms with Crippen LogP contribution in [0.1, 0.15) is 6.42 Å². The van der Waals surface area contributed by atoms with Crippen LogP contribution in [-0.4, -0.2) is 42.9 Å². The molecule has 2 N–H and O–H groups in total. The Morgan fingerprint density at radius 3 is 2.70 bits per heavy atom. The van der Waals surface area contributed by atoms with Gasteiger partial charge in [0.05, 0.1) is 16.2 Å². The van der Waals surface area contributed by atoms with Crippen LogP contribution in [0.5, 0.6) is 0 Å². The van der Waals surface area contributed by atoms with E-state index in [9.17, 15) is 22.3 Å². The highest BCUT2D eigenvalue weighted by Gasteiger charge is 2.33. The predicted molar refractivity (Wildman–Crippen MR) is 75.0 cm³/mol. The SMILES string of the molecule is O=S(=O)(c1ccccc1NCC1(O)CCSC1)C(F)F. The average molecular weight is 323 g/mol. The third kappa shape index (κ3) is 3.24. The second kappa shape index (κ2) is 5.87. The molecule has 1 aromatic carbocycles. The summed E-state index contributed by atoms with van der Waals surface area (Å²) in [5, 5.41) is 13.0. The van der Waals surface area contributed by atoms with Gasteiger partial charge in [-0.1, -0.05) is 12.1 Å². The van der Waals surface area contributed by atoms with Crippen LogP contribution < -0.4 is 5.32 Å². The van der Waals surface area contributed by atoms with Crippen molar-refractivity contribution in [2.45, 2.75) is 22.7 Å². The van der Waals surface area contributed by atoms with Gasteiger partial charge in [0.25, 0.3) is 0 Å². The van der Waals surface area contributed by atoms with Crippen LogP contribution in [0.25, 0.3) is 0 Å². The summed E-state index contributed by atoms with van der Waals surface area (Å²) in [6.45, 7) is 0.135. The number of anilines is 1. The topological polar surface area (TPSA) is 66.4 Å². The Morgan fingerprint density at radius 2 is 2.10 bits per heavy atom. The smallest absolute Gasteiger partial charge is 0.341 e. The lowest BCUT2D eigenvalue weighted by atomic mass is 10.0. The average Bonchev–Trinajstić information content (AvgIpc) is 2.84. The van der Waals surface area contributed by atoms with Crippen LogP contribution >= 0.6 is 11.8 Å². The highest BCUT2D eigenvalue weighted by molar-refractivity contribution is 7.99. The molecule has 1 aliphatic rings. The molecule has 1 saturated heterocycles. The molecule has 1 aromatic rings. The van der Waals surface area contributed by atoms with E-state index in [0.29, 0.717) is 12.2 Å². The van der Waals surface area contributed by atoms with E-state index in [-0.39, 0.29) is 12.2 Å². The van der Waals surface area contributed by atoms with Crippen LogP contribution in [-0.2, 0) is 9.84 Å². The number of rotatable bonds is 5. The fraction of sp³-hybridized carbons (Fsp3) is 0.500. The van der Waals surface area contributed by atoms with Crippen molar-refractivity contribution in [1.82, 2.24) is 0 Å². The van der Waals surface area contributed by atoms with Crippen molar-refractivity contribution < 1.29 is 22.3 Å². The number of thioether (sulfide) groups is 1. The summed E-state index contributed by atoms with van der Waals surface area (Å²) in [7, 11) is -4.66. The Kier molecular flexibility index (Phi) is 4.55. The lowest BCUT2D eigenvalue weighted by Gasteiger charge is -2.23. The summed E-state index contributed by atoms with van der Waals surface area (Å²) in [5.74, 6) is -2.09. The first-order valence-corrected chi connectivity index (χ1v) is 8.70. The fourth-order valence-electron chi connectivity index (χ4n) is 1.95. The highest BCUT2D eigenvalue weighted by atomic mass is 32.2. The van der Waals surface area contributed by atoms with E-state index in [4.69, 9.17) is 0 Å². The molecule has 1 heterocycles. The van der Waals surface area contributed by atoms with Crippen molar-refractivity contribution in [2.75, 3.05) is 23.4 Å². The quantitative estimate of drug-likeness (QED) is 0.867. The van der Waals surface area contributed by atoms with Gasteiger partial charge in [0, 0.05) is 12.3 Å². The molecule has 20 heavy (non-hydrogen) atoms. The molecule has 8 heteroatoms. The van der Waals surface area contributed by atoms with Crippen LogP contribution in [0, 0.1) is 0 Å². The van der Waals surface area contributed by atoms with Gasteiger partial charge in [0.15, 0.2) is 0 Å². The molecule has 0 saturated carbocycles. The molecule has 0 spiro atoms. The van der Waals surface area contributed by atoms with Crippen LogP contribution in [0.2, 0.25) is 0 Å². The van der Waals surface area contributed by atoms with E-state index in [1.54, 1.807) is 17.8 Å². The zero-order valence-electron chi connectivity index (χ0n) is 10.6. The number of aliphatic hydroxyl groups is 1. The largest absolute Gasteiger partial charge is 0.387 e. The van der Waals surface area contributed by atoms with Crippen molar-refractivity contribution in [3.8, 4) is 0 Å². The minimum atomic E-state index is -4.66. The number of sulfone groups is 1. The van der Waals surface area contributed by atoms with E-state index < -0.39 is 26.1 Å². The molecule has 0 aliphatic carbocycles. The number of alkyl halides is 2. The van der Waals surface area contributed by atoms with Gasteiger partial charge in [-0.05, 0) is 24.3 Å². The second-order valence-electron chi connectivity index (χ2n) is 4.68. The monoisotopic (exact) mass is 323 g/mol. The third-order valence-corrected chi connectivity index (χ3v) is 5.79. The summed E-state index contributed by atoms with van der Waals surface area (Å²) in [4.78, 5) is -0.441. The number of para-hydroxylation sites is 1. The lowest BCUT2D eigenvalue weighted by Crippen LogP contribution is -2.37. The predicted octanol–water partition coefficient (Wildman–Crippen LogP) is 1.96. The van der Waals surface area contributed by atoms with E-state index >= 15 is 0 Å². The van der Waals surface area contributed by atoms with Crippen molar-refractivity contribution in [3.05, 3.63) is 24.3 Å². The highest BCUT2D eigenvalue weighted by Crippen LogP contribution is 2.30. The van der Waals surface area contributed by atoms with E-state index in [1.165, 1.54) is 12.1 Å². The Bertz CT molecular complexity index is 572. The van der Waals surface area contributed by atoms with Crippen molar-refractivity contribution in [2.24, 2.45) is 0 Å². The van der Waals surface area contributed by atoms with Gasteiger partial charge in [0.2, 0.25) is 9.84 Å². The number of benzene rings is 1. The zero-order chi connectivity index (χ0) is 14.8. The first kappa shape index (κ1) is 15.5. The summed E-state index contributed by atoms with van der Waals surface area (Å²) in [5.41, 5.74) is -0.829. The van der Waals surface area contributed by atoms with Gasteiger partial charge in [-0.3, -0.25) is 0 Å². The fourth-order valence-corrected chi connectivity index (χ4v) is 4.15. The van der Waals surface area contributed by atoms with Crippen LogP contribution in [0.3, 0.4) is 0 Å². The summed E-state index contributed by atoms with van der Waals surface area (Å²) in [6, 6.07) is 5.50. The van der Waals surface area contributed by atoms with Gasteiger partial charge < -0.3 is 10.4 Å². The molecule has 0 amide bonds. The van der Waals surface area contributed by atoms with Crippen molar-refractivity contribution in [3.63, 3.8) is 0 Å². The number of nitrogens with one attached hydrogen (secondary N) is 1. The Hall–Kier alpha value is -0.860. The Balaban J connectivity index is 2.21. The lowest BCUT2D eigenvalue weighted by molar-refractivity contribution is 0.0819. The maximum atomic E-state index is 12.6. The minimum absolute atomic E-state index is 0.0955. The van der Waals surface area contributed by atoms with Gasteiger partial charge in [-0.2, -0.15) is 20.5 Å². The zero-order valence-corrected chi connectivity index (χ0v) is 12.2. The molecule has 112 valence electrons. The van der Waals surface area contributed by atoms with Gasteiger partial charge in [-0.15, -0.1) is 0 Å². The van der Waals surface area contributed by atoms with Crippen LogP contribution in [0.15, 0.2) is 29.2 Å². The number of hydrogen-bond acceptors (Lipinski definition) is 5. The maximum absolute atomic E-state index is 12.6. The summed E-state index contributed by atoms with van der Waals surface area (Å²) < 4.78 is 48.4. The van der Waals surface area contributed by atoms with Crippen LogP contribution in [0.4, 0.5) is 14.5 Å². The molecule has 1 aliphatic heterocycles. The first-order valence-electron chi connectivity index (χ1n) is 6.00. The molecule has 0 radical (unpaired) electrons. The van der Waals surface area contributed by atoms with Crippen molar-refractivity contribution in [1.29, 1.82) is 0 Å². The third-order valence-electron chi connectivity index (χ3n) is 3.12. The normalized spacial score (nSPS) is 23.2. The first-order chi connectivity index (χ1) is 9.35. The second-order valence-corrected chi connectivity index (χ2v) is 7.67. The van der Waals surface area contributed by atoms with E-state index in [1.807, 2.05) is 0 Å². The standard InChI is InChI=1S/C12H15F2NO3S2/c13-11(14)20(17,18)10-4-2-1-3-9(10)15-7-12(16)5-6-19-8-12/h1-4,11,15-16H,5-8H2. The minimum Gasteiger partial charge on any atom is -0.387 e. The molecule has 1 fully saturated rings. The molecular weight excluding hydrogens is 308 g/mol. The summed E-state index contributed by atoms with van der Waals surface area (Å²) in [6.07, 6.45) is 0.592. The van der Waals surface area contributed by atoms with E-state index in [2.05, 4.69) is 5.32 Å². The van der Waals surface area contributed by atoms with Gasteiger partial charge in [0.1, 0.15) is 0 Å². The summed E-state index contributed by atoms with van der Waals surface area (Å²) >= 11 is 1.60. The Labute approximate surface area is 120 Å². The van der Waals surface area contributed by atoms with Gasteiger partial charge >= 0.3 is 5.76 Å². The molecule has 0 bridgehead atoms. The molecule has 1 unspecified atom stereocenters.